The summed E-state index contributed by atoms with van der Waals surface area (Å²) in [7, 11) is 0. The third kappa shape index (κ3) is 2.70. The largest absolute Gasteiger partial charge is 0.395 e. The predicted molar refractivity (Wildman–Crippen MR) is 60.3 cm³/mol. The van der Waals surface area contributed by atoms with Crippen LogP contribution in [0.4, 0.5) is 0 Å². The molecule has 1 heterocycles. The minimum atomic E-state index is -0.356. The maximum absolute atomic E-state index is 12.0. The van der Waals surface area contributed by atoms with Gasteiger partial charge in [-0.3, -0.25) is 9.59 Å². The Balaban J connectivity index is 3.00. The molecule has 0 aliphatic carbocycles. The number of aliphatic hydroxyl groups is 1. The van der Waals surface area contributed by atoms with Crippen molar-refractivity contribution in [2.75, 3.05) is 13.2 Å². The molecule has 0 radical (unpaired) electrons. The van der Waals surface area contributed by atoms with Crippen LogP contribution in [0.5, 0.6) is 0 Å². The number of aromatic nitrogens is 1. The molecular formula is C11H16N2O3. The Morgan fingerprint density at radius 1 is 1.56 bits per heavy atom. The van der Waals surface area contributed by atoms with E-state index < -0.39 is 0 Å². The van der Waals surface area contributed by atoms with Crippen molar-refractivity contribution in [3.05, 3.63) is 34.2 Å². The molecule has 0 aliphatic rings. The normalized spacial score (nSPS) is 10.5. The molecule has 0 unspecified atom stereocenters. The van der Waals surface area contributed by atoms with Gasteiger partial charge in [-0.05, 0) is 13.8 Å². The van der Waals surface area contributed by atoms with Gasteiger partial charge in [0.1, 0.15) is 5.56 Å². The zero-order valence-electron chi connectivity index (χ0n) is 9.43. The molecule has 0 aliphatic heterocycles. The number of aromatic amines is 1. The first-order chi connectivity index (χ1) is 7.57. The average Bonchev–Trinajstić information content (AvgIpc) is 2.25. The Hall–Kier alpha value is -1.62. The number of pyridine rings is 1. The lowest BCUT2D eigenvalue weighted by Gasteiger charge is -2.25. The fourth-order valence-electron chi connectivity index (χ4n) is 1.44. The maximum atomic E-state index is 12.0. The van der Waals surface area contributed by atoms with Crippen molar-refractivity contribution in [3.63, 3.8) is 0 Å². The van der Waals surface area contributed by atoms with E-state index in [1.54, 1.807) is 0 Å². The topological polar surface area (TPSA) is 73.4 Å². The van der Waals surface area contributed by atoms with Crippen LogP contribution < -0.4 is 5.43 Å². The van der Waals surface area contributed by atoms with Gasteiger partial charge < -0.3 is 15.0 Å². The molecule has 0 saturated carbocycles. The summed E-state index contributed by atoms with van der Waals surface area (Å²) in [6.07, 6.45) is 2.86. The van der Waals surface area contributed by atoms with Crippen molar-refractivity contribution in [3.8, 4) is 0 Å². The molecule has 2 N–H and O–H groups in total. The van der Waals surface area contributed by atoms with Gasteiger partial charge in [0.05, 0.1) is 6.61 Å². The number of nitrogens with one attached hydrogen (secondary N) is 1. The minimum Gasteiger partial charge on any atom is -0.395 e. The van der Waals surface area contributed by atoms with Crippen LogP contribution in [0, 0.1) is 0 Å². The predicted octanol–water partition coefficient (Wildman–Crippen LogP) is 0.218. The van der Waals surface area contributed by atoms with Crippen molar-refractivity contribution < 1.29 is 9.90 Å². The second kappa shape index (κ2) is 5.46. The molecule has 1 rings (SSSR count). The quantitative estimate of drug-likeness (QED) is 0.768. The van der Waals surface area contributed by atoms with Gasteiger partial charge in [-0.25, -0.2) is 0 Å². The molecule has 16 heavy (non-hydrogen) atoms. The Kier molecular flexibility index (Phi) is 4.25. The second-order valence-electron chi connectivity index (χ2n) is 3.74. The molecule has 0 atom stereocenters. The lowest BCUT2D eigenvalue weighted by Crippen LogP contribution is -2.40. The van der Waals surface area contributed by atoms with Gasteiger partial charge in [-0.1, -0.05) is 0 Å². The van der Waals surface area contributed by atoms with Crippen LogP contribution in [0.2, 0.25) is 0 Å². The summed E-state index contributed by atoms with van der Waals surface area (Å²) in [5.74, 6) is -0.356. The van der Waals surface area contributed by atoms with Crippen molar-refractivity contribution in [1.29, 1.82) is 0 Å². The number of carbonyl (C=O) groups excluding carboxylic acids is 1. The summed E-state index contributed by atoms with van der Waals surface area (Å²) in [5, 5.41) is 8.87. The maximum Gasteiger partial charge on any atom is 0.259 e. The molecule has 1 aromatic rings. The van der Waals surface area contributed by atoms with Crippen molar-refractivity contribution in [2.45, 2.75) is 19.9 Å². The molecule has 5 heteroatoms. The fourth-order valence-corrected chi connectivity index (χ4v) is 1.44. The number of hydrogen-bond acceptors (Lipinski definition) is 3. The third-order valence-corrected chi connectivity index (χ3v) is 2.28. The van der Waals surface area contributed by atoms with Gasteiger partial charge in [0.25, 0.3) is 5.91 Å². The van der Waals surface area contributed by atoms with E-state index in [1.807, 2.05) is 13.8 Å². The summed E-state index contributed by atoms with van der Waals surface area (Å²) < 4.78 is 0. The van der Waals surface area contributed by atoms with Crippen LogP contribution in [0.25, 0.3) is 0 Å². The molecule has 0 spiro atoms. The molecule has 0 fully saturated rings. The number of aliphatic hydroxyl groups excluding tert-OH is 1. The SMILES string of the molecule is CC(C)N(CCO)C(=O)c1c[nH]ccc1=O. The number of hydrogen-bond donors (Lipinski definition) is 2. The number of amides is 1. The minimum absolute atomic E-state index is 0.0562. The molecule has 0 saturated heterocycles. The summed E-state index contributed by atoms with van der Waals surface area (Å²) in [6, 6.07) is 1.25. The van der Waals surface area contributed by atoms with Gasteiger partial charge in [0, 0.05) is 31.0 Å². The molecule has 1 aromatic heterocycles. The highest BCUT2D eigenvalue weighted by molar-refractivity contribution is 5.93. The zero-order valence-corrected chi connectivity index (χ0v) is 9.43. The summed E-state index contributed by atoms with van der Waals surface area (Å²) in [6.45, 7) is 3.79. The van der Waals surface area contributed by atoms with E-state index >= 15 is 0 Å². The monoisotopic (exact) mass is 224 g/mol. The van der Waals surface area contributed by atoms with Crippen LogP contribution in [0.15, 0.2) is 23.3 Å². The lowest BCUT2D eigenvalue weighted by atomic mass is 10.2. The Labute approximate surface area is 93.7 Å². The first-order valence-electron chi connectivity index (χ1n) is 5.17. The van der Waals surface area contributed by atoms with Crippen LogP contribution in [0.3, 0.4) is 0 Å². The van der Waals surface area contributed by atoms with E-state index in [4.69, 9.17) is 5.11 Å². The van der Waals surface area contributed by atoms with Crippen LogP contribution in [-0.2, 0) is 0 Å². The molecular weight excluding hydrogens is 208 g/mol. The second-order valence-corrected chi connectivity index (χ2v) is 3.74. The number of H-pyrrole nitrogens is 1. The summed E-state index contributed by atoms with van der Waals surface area (Å²) in [5.41, 5.74) is -0.211. The van der Waals surface area contributed by atoms with Gasteiger partial charge in [0.15, 0.2) is 5.43 Å². The van der Waals surface area contributed by atoms with Crippen LogP contribution >= 0.6 is 0 Å². The van der Waals surface area contributed by atoms with Crippen molar-refractivity contribution in [2.24, 2.45) is 0 Å². The number of nitrogens with zero attached hydrogens (tertiary/aromatic N) is 1. The smallest absolute Gasteiger partial charge is 0.259 e. The molecule has 1 amide bonds. The highest BCUT2D eigenvalue weighted by Gasteiger charge is 2.20. The third-order valence-electron chi connectivity index (χ3n) is 2.28. The molecule has 0 aromatic carbocycles. The van der Waals surface area contributed by atoms with Crippen LogP contribution in [-0.4, -0.2) is 40.1 Å². The zero-order chi connectivity index (χ0) is 12.1. The standard InChI is InChI=1S/C11H16N2O3/c1-8(2)13(5-6-14)11(16)9-7-12-4-3-10(9)15/h3-4,7-8,14H,5-6H2,1-2H3,(H,12,15). The van der Waals surface area contributed by atoms with Crippen molar-refractivity contribution in [1.82, 2.24) is 9.88 Å². The van der Waals surface area contributed by atoms with E-state index in [9.17, 15) is 9.59 Å². The molecule has 88 valence electrons. The molecule has 0 bridgehead atoms. The van der Waals surface area contributed by atoms with Gasteiger partial charge in [0.2, 0.25) is 0 Å². The summed E-state index contributed by atoms with van der Waals surface area (Å²) >= 11 is 0. The van der Waals surface area contributed by atoms with Gasteiger partial charge >= 0.3 is 0 Å². The summed E-state index contributed by atoms with van der Waals surface area (Å²) in [4.78, 5) is 27.6. The van der Waals surface area contributed by atoms with E-state index in [2.05, 4.69) is 4.98 Å². The molecule has 5 nitrogen and oxygen atoms in total. The Morgan fingerprint density at radius 3 is 2.75 bits per heavy atom. The van der Waals surface area contributed by atoms with Gasteiger partial charge in [-0.2, -0.15) is 0 Å². The van der Waals surface area contributed by atoms with Gasteiger partial charge in [-0.15, -0.1) is 0 Å². The first-order valence-corrected chi connectivity index (χ1v) is 5.17. The van der Waals surface area contributed by atoms with E-state index in [0.717, 1.165) is 0 Å². The highest BCUT2D eigenvalue weighted by Crippen LogP contribution is 2.03. The van der Waals surface area contributed by atoms with Crippen molar-refractivity contribution >= 4 is 5.91 Å². The Morgan fingerprint density at radius 2 is 2.25 bits per heavy atom. The first kappa shape index (κ1) is 12.4. The van der Waals surface area contributed by atoms with Crippen LogP contribution in [0.1, 0.15) is 24.2 Å². The van der Waals surface area contributed by atoms with E-state index in [-0.39, 0.29) is 36.1 Å². The highest BCUT2D eigenvalue weighted by atomic mass is 16.3. The van der Waals surface area contributed by atoms with E-state index in [0.29, 0.717) is 0 Å². The number of carbonyl (C=O) groups is 1. The number of rotatable bonds is 4. The lowest BCUT2D eigenvalue weighted by molar-refractivity contribution is 0.0663. The fraction of sp³-hybridized carbons (Fsp3) is 0.455. The Bertz CT molecular complexity index is 412. The average molecular weight is 224 g/mol. The van der Waals surface area contributed by atoms with E-state index in [1.165, 1.54) is 23.4 Å².